The van der Waals surface area contributed by atoms with E-state index in [2.05, 4.69) is 23.0 Å². The molecule has 2 aromatic rings. The van der Waals surface area contributed by atoms with Crippen molar-refractivity contribution in [2.24, 2.45) is 0 Å². The maximum absolute atomic E-state index is 5.97. The molecular weight excluding hydrogens is 232 g/mol. The normalized spacial score (nSPS) is 10.2. The van der Waals surface area contributed by atoms with Crippen LogP contribution in [0.3, 0.4) is 0 Å². The number of nitrogens with zero attached hydrogens (tertiary/aromatic N) is 2. The van der Waals surface area contributed by atoms with Gasteiger partial charge in [-0.3, -0.25) is 4.98 Å². The lowest BCUT2D eigenvalue weighted by Crippen LogP contribution is -2.20. The molecule has 0 atom stereocenters. The summed E-state index contributed by atoms with van der Waals surface area (Å²) in [7, 11) is 2.08. The van der Waals surface area contributed by atoms with Crippen molar-refractivity contribution < 1.29 is 0 Å². The van der Waals surface area contributed by atoms with Gasteiger partial charge in [-0.1, -0.05) is 17.7 Å². The third-order valence-electron chi connectivity index (χ3n) is 2.73. The summed E-state index contributed by atoms with van der Waals surface area (Å²) in [5, 5.41) is 0.776. The van der Waals surface area contributed by atoms with E-state index in [1.165, 1.54) is 5.56 Å². The van der Waals surface area contributed by atoms with Crippen molar-refractivity contribution in [1.29, 1.82) is 0 Å². The summed E-state index contributed by atoms with van der Waals surface area (Å²) in [6.07, 6.45) is 4.66. The van der Waals surface area contributed by atoms with Gasteiger partial charge in [-0.25, -0.2) is 0 Å². The van der Waals surface area contributed by atoms with Crippen molar-refractivity contribution in [1.82, 2.24) is 4.98 Å². The number of halogens is 1. The lowest BCUT2D eigenvalue weighted by molar-refractivity contribution is 0.875. The van der Waals surface area contributed by atoms with Gasteiger partial charge in [0.1, 0.15) is 0 Å². The van der Waals surface area contributed by atoms with Crippen LogP contribution < -0.4 is 4.90 Å². The summed E-state index contributed by atoms with van der Waals surface area (Å²) < 4.78 is 0. The van der Waals surface area contributed by atoms with Crippen molar-refractivity contribution in [2.75, 3.05) is 18.5 Å². The van der Waals surface area contributed by atoms with Crippen LogP contribution in [0.5, 0.6) is 0 Å². The van der Waals surface area contributed by atoms with Gasteiger partial charge in [0.05, 0.1) is 0 Å². The van der Waals surface area contributed by atoms with Crippen molar-refractivity contribution in [3.05, 3.63) is 59.4 Å². The standard InChI is InChI=1S/C14H15ClN2/c1-17(14-4-2-3-13(15)11-14)10-7-12-5-8-16-9-6-12/h2-6,8-9,11H,7,10H2,1H3. The zero-order valence-electron chi connectivity index (χ0n) is 9.81. The average molecular weight is 247 g/mol. The number of rotatable bonds is 4. The Bertz CT molecular complexity index is 471. The molecule has 0 spiro atoms. The van der Waals surface area contributed by atoms with Crippen molar-refractivity contribution >= 4 is 17.3 Å². The van der Waals surface area contributed by atoms with Gasteiger partial charge in [0.2, 0.25) is 0 Å². The highest BCUT2D eigenvalue weighted by atomic mass is 35.5. The highest BCUT2D eigenvalue weighted by Crippen LogP contribution is 2.18. The molecule has 0 saturated heterocycles. The Hall–Kier alpha value is -1.54. The van der Waals surface area contributed by atoms with Gasteiger partial charge >= 0.3 is 0 Å². The van der Waals surface area contributed by atoms with E-state index in [1.54, 1.807) is 0 Å². The molecule has 0 saturated carbocycles. The van der Waals surface area contributed by atoms with Crippen molar-refractivity contribution in [3.8, 4) is 0 Å². The fourth-order valence-electron chi connectivity index (χ4n) is 1.69. The molecule has 1 heterocycles. The van der Waals surface area contributed by atoms with Gasteiger partial charge < -0.3 is 4.90 Å². The molecule has 1 aromatic carbocycles. The van der Waals surface area contributed by atoms with Crippen LogP contribution >= 0.6 is 11.6 Å². The van der Waals surface area contributed by atoms with Gasteiger partial charge in [-0.05, 0) is 42.3 Å². The van der Waals surface area contributed by atoms with Crippen LogP contribution in [-0.2, 0) is 6.42 Å². The minimum Gasteiger partial charge on any atom is -0.374 e. The van der Waals surface area contributed by atoms with Crippen molar-refractivity contribution in [3.63, 3.8) is 0 Å². The molecule has 2 rings (SSSR count). The first-order chi connectivity index (χ1) is 8.25. The van der Waals surface area contributed by atoms with Crippen LogP contribution in [0.1, 0.15) is 5.56 Å². The third kappa shape index (κ3) is 3.46. The molecule has 0 N–H and O–H groups in total. The van der Waals surface area contributed by atoms with Crippen LogP contribution in [-0.4, -0.2) is 18.6 Å². The minimum absolute atomic E-state index is 0.776. The van der Waals surface area contributed by atoms with E-state index in [1.807, 2.05) is 42.7 Å². The number of hydrogen-bond acceptors (Lipinski definition) is 2. The minimum atomic E-state index is 0.776. The summed E-state index contributed by atoms with van der Waals surface area (Å²) >= 11 is 5.97. The second kappa shape index (κ2) is 5.69. The van der Waals surface area contributed by atoms with Gasteiger partial charge in [0, 0.05) is 36.7 Å². The molecule has 2 nitrogen and oxygen atoms in total. The van der Waals surface area contributed by atoms with Crippen LogP contribution in [0.15, 0.2) is 48.8 Å². The van der Waals surface area contributed by atoms with E-state index in [0.717, 1.165) is 23.7 Å². The first kappa shape index (κ1) is 11.9. The molecule has 0 amide bonds. The third-order valence-corrected chi connectivity index (χ3v) is 2.97. The molecule has 0 unspecified atom stereocenters. The number of pyridine rings is 1. The summed E-state index contributed by atoms with van der Waals surface area (Å²) in [5.41, 5.74) is 2.44. The number of aromatic nitrogens is 1. The van der Waals surface area contributed by atoms with E-state index in [4.69, 9.17) is 11.6 Å². The molecule has 1 aromatic heterocycles. The Labute approximate surface area is 107 Å². The lowest BCUT2D eigenvalue weighted by atomic mass is 10.2. The van der Waals surface area contributed by atoms with Crippen LogP contribution in [0.25, 0.3) is 0 Å². The second-order valence-corrected chi connectivity index (χ2v) is 4.44. The SMILES string of the molecule is CN(CCc1ccncc1)c1cccc(Cl)c1. The molecule has 0 radical (unpaired) electrons. The quantitative estimate of drug-likeness (QED) is 0.822. The predicted octanol–water partition coefficient (Wildman–Crippen LogP) is 3.41. The molecule has 3 heteroatoms. The number of hydrogen-bond donors (Lipinski definition) is 0. The Balaban J connectivity index is 1.96. The number of likely N-dealkylation sites (N-methyl/N-ethyl adjacent to an activating group) is 1. The van der Waals surface area contributed by atoms with Gasteiger partial charge in [-0.15, -0.1) is 0 Å². The predicted molar refractivity (Wildman–Crippen MR) is 72.7 cm³/mol. The summed E-state index contributed by atoms with van der Waals surface area (Å²) in [4.78, 5) is 6.21. The zero-order valence-corrected chi connectivity index (χ0v) is 10.6. The lowest BCUT2D eigenvalue weighted by Gasteiger charge is -2.19. The monoisotopic (exact) mass is 246 g/mol. The van der Waals surface area contributed by atoms with E-state index in [9.17, 15) is 0 Å². The van der Waals surface area contributed by atoms with Crippen molar-refractivity contribution in [2.45, 2.75) is 6.42 Å². The summed E-state index contributed by atoms with van der Waals surface area (Å²) in [6, 6.07) is 12.0. The van der Waals surface area contributed by atoms with Crippen LogP contribution in [0.2, 0.25) is 5.02 Å². The highest BCUT2D eigenvalue weighted by Gasteiger charge is 2.01. The average Bonchev–Trinajstić information content (AvgIpc) is 2.37. The molecule has 88 valence electrons. The van der Waals surface area contributed by atoms with Crippen LogP contribution in [0, 0.1) is 0 Å². The Morgan fingerprint density at radius 1 is 1.18 bits per heavy atom. The molecule has 0 aliphatic heterocycles. The first-order valence-corrected chi connectivity index (χ1v) is 5.99. The maximum Gasteiger partial charge on any atom is 0.0426 e. The van der Waals surface area contributed by atoms with E-state index >= 15 is 0 Å². The Morgan fingerprint density at radius 2 is 1.94 bits per heavy atom. The maximum atomic E-state index is 5.97. The summed E-state index contributed by atoms with van der Waals surface area (Å²) in [6.45, 7) is 0.963. The number of anilines is 1. The number of benzene rings is 1. The Kier molecular flexibility index (Phi) is 3.99. The molecule has 0 aliphatic rings. The highest BCUT2D eigenvalue weighted by molar-refractivity contribution is 6.30. The fourth-order valence-corrected chi connectivity index (χ4v) is 1.87. The molecule has 0 fully saturated rings. The molecule has 0 aliphatic carbocycles. The molecular formula is C14H15ClN2. The molecule has 17 heavy (non-hydrogen) atoms. The van der Waals surface area contributed by atoms with E-state index in [0.29, 0.717) is 0 Å². The second-order valence-electron chi connectivity index (χ2n) is 4.01. The van der Waals surface area contributed by atoms with Gasteiger partial charge in [0.15, 0.2) is 0 Å². The zero-order chi connectivity index (χ0) is 12.1. The molecule has 0 bridgehead atoms. The van der Waals surface area contributed by atoms with E-state index in [-0.39, 0.29) is 0 Å². The largest absolute Gasteiger partial charge is 0.374 e. The van der Waals surface area contributed by atoms with Crippen LogP contribution in [0.4, 0.5) is 5.69 Å². The van der Waals surface area contributed by atoms with E-state index < -0.39 is 0 Å². The first-order valence-electron chi connectivity index (χ1n) is 5.61. The van der Waals surface area contributed by atoms with Gasteiger partial charge in [-0.2, -0.15) is 0 Å². The Morgan fingerprint density at radius 3 is 2.65 bits per heavy atom. The smallest absolute Gasteiger partial charge is 0.0426 e. The summed E-state index contributed by atoms with van der Waals surface area (Å²) in [5.74, 6) is 0. The van der Waals surface area contributed by atoms with Gasteiger partial charge in [0.25, 0.3) is 0 Å². The fraction of sp³-hybridized carbons (Fsp3) is 0.214. The topological polar surface area (TPSA) is 16.1 Å².